The second kappa shape index (κ2) is 6.67. The number of nitrogens with one attached hydrogen (secondary N) is 2. The molecule has 0 saturated carbocycles. The number of hydrogen-bond donors (Lipinski definition) is 2. The Morgan fingerprint density at radius 2 is 1.88 bits per heavy atom. The van der Waals surface area contributed by atoms with Gasteiger partial charge < -0.3 is 15.2 Å². The van der Waals surface area contributed by atoms with Gasteiger partial charge in [-0.05, 0) is 42.3 Å². The Kier molecular flexibility index (Phi) is 4.21. The fraction of sp³-hybridized carbons (Fsp3) is 0.238. The van der Waals surface area contributed by atoms with Crippen molar-refractivity contribution in [2.24, 2.45) is 0 Å². The number of hydrogen-bond acceptors (Lipinski definition) is 2. The average Bonchev–Trinajstić information content (AvgIpc) is 3.28. The third-order valence-electron chi connectivity index (χ3n) is 4.99. The van der Waals surface area contributed by atoms with E-state index in [0.29, 0.717) is 17.2 Å². The molecule has 0 bridgehead atoms. The molecule has 132 valence electrons. The number of fused-ring (bicyclic) bond motifs is 1. The molecule has 1 saturated heterocycles. The number of anilines is 1. The van der Waals surface area contributed by atoms with E-state index < -0.39 is 0 Å². The molecular formula is C21H21N3O2. The minimum atomic E-state index is -0.120. The van der Waals surface area contributed by atoms with E-state index >= 15 is 0 Å². The highest BCUT2D eigenvalue weighted by atomic mass is 16.2. The molecule has 1 aromatic heterocycles. The van der Waals surface area contributed by atoms with Gasteiger partial charge in [-0.1, -0.05) is 18.2 Å². The number of carbonyl (C=O) groups is 2. The van der Waals surface area contributed by atoms with Gasteiger partial charge in [0.2, 0.25) is 5.91 Å². The number of likely N-dealkylation sites (tertiary alicyclic amines) is 1. The van der Waals surface area contributed by atoms with E-state index in [1.165, 1.54) is 17.9 Å². The molecule has 2 heterocycles. The molecule has 1 unspecified atom stereocenters. The summed E-state index contributed by atoms with van der Waals surface area (Å²) in [6.45, 7) is 2.96. The highest BCUT2D eigenvalue weighted by Gasteiger charge is 2.29. The van der Waals surface area contributed by atoms with E-state index in [0.717, 1.165) is 25.0 Å². The van der Waals surface area contributed by atoms with Crippen LogP contribution in [-0.4, -0.2) is 34.8 Å². The molecule has 1 aliphatic heterocycles. The molecule has 3 aromatic rings. The first-order chi connectivity index (χ1) is 12.6. The van der Waals surface area contributed by atoms with E-state index in [9.17, 15) is 9.59 Å². The highest BCUT2D eigenvalue weighted by molar-refractivity contribution is 5.96. The van der Waals surface area contributed by atoms with Gasteiger partial charge >= 0.3 is 0 Å². The monoisotopic (exact) mass is 347 g/mol. The molecule has 0 radical (unpaired) electrons. The Hall–Kier alpha value is -3.08. The van der Waals surface area contributed by atoms with E-state index in [2.05, 4.69) is 28.6 Å². The number of amides is 2. The van der Waals surface area contributed by atoms with Crippen molar-refractivity contribution < 1.29 is 9.59 Å². The normalized spacial score (nSPS) is 16.8. The molecule has 1 atom stereocenters. The van der Waals surface area contributed by atoms with Crippen LogP contribution in [0.2, 0.25) is 0 Å². The lowest BCUT2D eigenvalue weighted by molar-refractivity contribution is -0.114. The number of nitrogens with zero attached hydrogens (tertiary/aromatic N) is 1. The van der Waals surface area contributed by atoms with Crippen LogP contribution in [0, 0.1) is 0 Å². The van der Waals surface area contributed by atoms with Gasteiger partial charge in [-0.3, -0.25) is 9.59 Å². The van der Waals surface area contributed by atoms with Crippen LogP contribution in [0.4, 0.5) is 5.69 Å². The lowest BCUT2D eigenvalue weighted by Gasteiger charge is -2.17. The predicted octanol–water partition coefficient (Wildman–Crippen LogP) is 3.76. The van der Waals surface area contributed by atoms with Crippen LogP contribution >= 0.6 is 0 Å². The molecule has 1 fully saturated rings. The third-order valence-corrected chi connectivity index (χ3v) is 4.99. The summed E-state index contributed by atoms with van der Waals surface area (Å²) in [4.78, 5) is 29.1. The Morgan fingerprint density at radius 1 is 1.12 bits per heavy atom. The molecule has 26 heavy (non-hydrogen) atoms. The van der Waals surface area contributed by atoms with Crippen molar-refractivity contribution in [1.82, 2.24) is 9.88 Å². The predicted molar refractivity (Wildman–Crippen MR) is 102 cm³/mol. The zero-order valence-electron chi connectivity index (χ0n) is 14.7. The van der Waals surface area contributed by atoms with Crippen molar-refractivity contribution in [3.8, 4) is 0 Å². The van der Waals surface area contributed by atoms with E-state index in [-0.39, 0.29) is 11.8 Å². The molecular weight excluding hydrogens is 326 g/mol. The molecule has 0 aliphatic carbocycles. The van der Waals surface area contributed by atoms with Crippen molar-refractivity contribution in [3.63, 3.8) is 0 Å². The molecule has 2 amide bonds. The van der Waals surface area contributed by atoms with Crippen molar-refractivity contribution in [1.29, 1.82) is 0 Å². The smallest absolute Gasteiger partial charge is 0.253 e. The maximum atomic E-state index is 12.8. The fourth-order valence-electron chi connectivity index (χ4n) is 3.71. The summed E-state index contributed by atoms with van der Waals surface area (Å²) in [5, 5.41) is 3.96. The first-order valence-electron chi connectivity index (χ1n) is 8.85. The van der Waals surface area contributed by atoms with E-state index in [1.54, 1.807) is 24.3 Å². The average molecular weight is 347 g/mol. The van der Waals surface area contributed by atoms with E-state index in [4.69, 9.17) is 0 Å². The zero-order valence-corrected chi connectivity index (χ0v) is 14.7. The van der Waals surface area contributed by atoms with E-state index in [1.807, 2.05) is 17.0 Å². The second-order valence-corrected chi connectivity index (χ2v) is 6.78. The second-order valence-electron chi connectivity index (χ2n) is 6.78. The van der Waals surface area contributed by atoms with Crippen molar-refractivity contribution in [3.05, 3.63) is 65.9 Å². The number of aromatic nitrogens is 1. The maximum Gasteiger partial charge on any atom is 0.253 e. The minimum absolute atomic E-state index is 0.0433. The van der Waals surface area contributed by atoms with Crippen molar-refractivity contribution in [2.45, 2.75) is 19.3 Å². The minimum Gasteiger partial charge on any atom is -0.361 e. The molecule has 5 heteroatoms. The van der Waals surface area contributed by atoms with Crippen LogP contribution in [-0.2, 0) is 4.79 Å². The van der Waals surface area contributed by atoms with Gasteiger partial charge in [-0.25, -0.2) is 0 Å². The van der Waals surface area contributed by atoms with Crippen LogP contribution in [0.25, 0.3) is 10.9 Å². The summed E-state index contributed by atoms with van der Waals surface area (Å²) in [5.74, 6) is 0.278. The van der Waals surface area contributed by atoms with Gasteiger partial charge in [-0.15, -0.1) is 0 Å². The standard InChI is InChI=1S/C21H21N3O2/c1-14(25)23-17-8-6-15(7-9-17)21(26)24-11-10-16(13-24)19-12-22-20-5-3-2-4-18(19)20/h2-9,12,16,22H,10-11,13H2,1H3,(H,23,25). The Labute approximate surface area is 152 Å². The van der Waals surface area contributed by atoms with Gasteiger partial charge in [0.15, 0.2) is 0 Å². The third kappa shape index (κ3) is 3.08. The van der Waals surface area contributed by atoms with Crippen molar-refractivity contribution in [2.75, 3.05) is 18.4 Å². The first-order valence-corrected chi connectivity index (χ1v) is 8.85. The van der Waals surface area contributed by atoms with Gasteiger partial charge in [0.05, 0.1) is 0 Å². The number of H-pyrrole nitrogens is 1. The number of carbonyl (C=O) groups excluding carboxylic acids is 2. The fourth-order valence-corrected chi connectivity index (χ4v) is 3.71. The van der Waals surface area contributed by atoms with Crippen LogP contribution in [0.15, 0.2) is 54.7 Å². The molecule has 4 rings (SSSR count). The topological polar surface area (TPSA) is 65.2 Å². The summed E-state index contributed by atoms with van der Waals surface area (Å²) in [6.07, 6.45) is 3.04. The van der Waals surface area contributed by atoms with Crippen LogP contribution in [0.5, 0.6) is 0 Å². The Bertz CT molecular complexity index is 959. The summed E-state index contributed by atoms with van der Waals surface area (Å²) in [5.41, 5.74) is 3.78. The summed E-state index contributed by atoms with van der Waals surface area (Å²) in [7, 11) is 0. The maximum absolute atomic E-state index is 12.8. The van der Waals surface area contributed by atoms with Crippen molar-refractivity contribution >= 4 is 28.4 Å². The summed E-state index contributed by atoms with van der Waals surface area (Å²) < 4.78 is 0. The van der Waals surface area contributed by atoms with Gasteiger partial charge in [0.1, 0.15) is 0 Å². The molecule has 2 N–H and O–H groups in total. The number of aromatic amines is 1. The molecule has 0 spiro atoms. The lowest BCUT2D eigenvalue weighted by Crippen LogP contribution is -2.28. The molecule has 2 aromatic carbocycles. The highest BCUT2D eigenvalue weighted by Crippen LogP contribution is 2.33. The molecule has 5 nitrogen and oxygen atoms in total. The zero-order chi connectivity index (χ0) is 18.1. The number of para-hydroxylation sites is 1. The summed E-state index contributed by atoms with van der Waals surface area (Å²) in [6, 6.07) is 15.4. The SMILES string of the molecule is CC(=O)Nc1ccc(C(=O)N2CCC(c3c[nH]c4ccccc34)C2)cc1. The summed E-state index contributed by atoms with van der Waals surface area (Å²) >= 11 is 0. The van der Waals surface area contributed by atoms with Crippen LogP contribution < -0.4 is 5.32 Å². The van der Waals surface area contributed by atoms with Gasteiger partial charge in [0, 0.05) is 54.3 Å². The van der Waals surface area contributed by atoms with Gasteiger partial charge in [0.25, 0.3) is 5.91 Å². The Balaban J connectivity index is 1.48. The van der Waals surface area contributed by atoms with Crippen LogP contribution in [0.1, 0.15) is 35.2 Å². The van der Waals surface area contributed by atoms with Gasteiger partial charge in [-0.2, -0.15) is 0 Å². The first kappa shape index (κ1) is 16.4. The molecule has 1 aliphatic rings. The van der Waals surface area contributed by atoms with Crippen LogP contribution in [0.3, 0.4) is 0 Å². The number of rotatable bonds is 3. The number of benzene rings is 2. The lowest BCUT2D eigenvalue weighted by atomic mass is 9.98. The Morgan fingerprint density at radius 3 is 2.65 bits per heavy atom. The quantitative estimate of drug-likeness (QED) is 0.758. The largest absolute Gasteiger partial charge is 0.361 e.